The number of nitrogens with zero attached hydrogens (tertiary/aromatic N) is 6. The Kier molecular flexibility index (Phi) is 6.87. The van der Waals surface area contributed by atoms with Crippen LogP contribution in [-0.2, 0) is 22.6 Å². The van der Waals surface area contributed by atoms with Crippen molar-refractivity contribution in [1.82, 2.24) is 24.8 Å². The minimum absolute atomic E-state index is 0.108. The number of carbonyl (C=O) groups excluding carboxylic acids is 1. The van der Waals surface area contributed by atoms with Gasteiger partial charge in [-0.25, -0.2) is 4.68 Å². The quantitative estimate of drug-likeness (QED) is 0.524. The Labute approximate surface area is 190 Å². The smallest absolute Gasteiger partial charge is 0.235 e. The van der Waals surface area contributed by atoms with Crippen molar-refractivity contribution in [3.05, 3.63) is 52.7 Å². The van der Waals surface area contributed by atoms with E-state index < -0.39 is 0 Å². The van der Waals surface area contributed by atoms with E-state index in [0.29, 0.717) is 29.6 Å². The van der Waals surface area contributed by atoms with Crippen LogP contribution in [0.5, 0.6) is 0 Å². The number of anilines is 1. The standard InChI is InChI=1S/C22H25N7O2S/c1-15-16(2)28(12-17-7-4-3-5-8-17)21(19(15)11-23)24-20(30)14-32-22-25-26-27-29(22)13-18-9-6-10-31-18/h3-5,7-8,18H,6,9-10,12-14H2,1-2H3,(H,24,30). The first-order valence-corrected chi connectivity index (χ1v) is 11.5. The molecule has 1 amide bonds. The first-order chi connectivity index (χ1) is 15.6. The Bertz CT molecular complexity index is 1130. The third-order valence-electron chi connectivity index (χ3n) is 5.61. The zero-order chi connectivity index (χ0) is 22.5. The number of nitriles is 1. The molecule has 0 radical (unpaired) electrons. The highest BCUT2D eigenvalue weighted by Crippen LogP contribution is 2.28. The number of ether oxygens (including phenoxy) is 1. The lowest BCUT2D eigenvalue weighted by atomic mass is 10.2. The van der Waals surface area contributed by atoms with Crippen LogP contribution in [0.1, 0.15) is 35.2 Å². The van der Waals surface area contributed by atoms with Crippen LogP contribution in [0.15, 0.2) is 35.5 Å². The zero-order valence-electron chi connectivity index (χ0n) is 18.1. The third-order valence-corrected chi connectivity index (χ3v) is 6.57. The van der Waals surface area contributed by atoms with Crippen molar-refractivity contribution in [1.29, 1.82) is 5.26 Å². The minimum atomic E-state index is -0.218. The molecular weight excluding hydrogens is 426 g/mol. The third kappa shape index (κ3) is 4.84. The lowest BCUT2D eigenvalue weighted by Crippen LogP contribution is -2.20. The van der Waals surface area contributed by atoms with Crippen LogP contribution >= 0.6 is 11.8 Å². The molecule has 166 valence electrons. The average Bonchev–Trinajstić information content (AvgIpc) is 3.52. The summed E-state index contributed by atoms with van der Waals surface area (Å²) in [6.07, 6.45) is 2.14. The fourth-order valence-electron chi connectivity index (χ4n) is 3.79. The van der Waals surface area contributed by atoms with Crippen molar-refractivity contribution in [2.45, 2.75) is 51.0 Å². The second kappa shape index (κ2) is 9.97. The fourth-order valence-corrected chi connectivity index (χ4v) is 4.47. The maximum absolute atomic E-state index is 12.8. The number of aromatic nitrogens is 5. The molecule has 9 nitrogen and oxygen atoms in total. The van der Waals surface area contributed by atoms with Crippen molar-refractivity contribution in [3.63, 3.8) is 0 Å². The number of hydrogen-bond acceptors (Lipinski definition) is 7. The number of tetrazole rings is 1. The highest BCUT2D eigenvalue weighted by molar-refractivity contribution is 7.99. The molecule has 1 unspecified atom stereocenters. The van der Waals surface area contributed by atoms with E-state index in [2.05, 4.69) is 26.9 Å². The van der Waals surface area contributed by atoms with Crippen molar-refractivity contribution in [3.8, 4) is 6.07 Å². The van der Waals surface area contributed by atoms with E-state index in [4.69, 9.17) is 4.74 Å². The predicted octanol–water partition coefficient (Wildman–Crippen LogP) is 2.92. The number of rotatable bonds is 8. The molecule has 0 bridgehead atoms. The maximum Gasteiger partial charge on any atom is 0.235 e. The van der Waals surface area contributed by atoms with Crippen molar-refractivity contribution < 1.29 is 9.53 Å². The van der Waals surface area contributed by atoms with Gasteiger partial charge in [0.25, 0.3) is 0 Å². The molecule has 0 aliphatic carbocycles. The minimum Gasteiger partial charge on any atom is -0.376 e. The molecule has 0 spiro atoms. The second-order valence-corrected chi connectivity index (χ2v) is 8.68. The molecule has 4 rings (SSSR count). The van der Waals surface area contributed by atoms with Crippen LogP contribution in [0.3, 0.4) is 0 Å². The van der Waals surface area contributed by atoms with Crippen LogP contribution in [-0.4, -0.2) is 49.1 Å². The van der Waals surface area contributed by atoms with Gasteiger partial charge in [0.15, 0.2) is 0 Å². The van der Waals surface area contributed by atoms with Gasteiger partial charge in [-0.1, -0.05) is 42.1 Å². The first-order valence-electron chi connectivity index (χ1n) is 10.5. The summed E-state index contributed by atoms with van der Waals surface area (Å²) in [5.41, 5.74) is 3.40. The van der Waals surface area contributed by atoms with Crippen LogP contribution in [0, 0.1) is 25.2 Å². The number of hydrogen-bond donors (Lipinski definition) is 1. The van der Waals surface area contributed by atoms with Crippen molar-refractivity contribution in [2.75, 3.05) is 17.7 Å². The molecule has 1 aliphatic rings. The van der Waals surface area contributed by atoms with Crippen LogP contribution in [0.25, 0.3) is 0 Å². The molecule has 2 aromatic heterocycles. The van der Waals surface area contributed by atoms with Gasteiger partial charge in [-0.3, -0.25) is 4.79 Å². The van der Waals surface area contributed by atoms with Crippen molar-refractivity contribution in [2.24, 2.45) is 0 Å². The van der Waals surface area contributed by atoms with E-state index in [1.807, 2.05) is 48.7 Å². The number of thioether (sulfide) groups is 1. The summed E-state index contributed by atoms with van der Waals surface area (Å²) >= 11 is 1.27. The van der Waals surface area contributed by atoms with Crippen LogP contribution < -0.4 is 5.32 Å². The van der Waals surface area contributed by atoms with Gasteiger partial charge in [0.2, 0.25) is 11.1 Å². The summed E-state index contributed by atoms with van der Waals surface area (Å²) in [5, 5.41) is 25.0. The number of benzene rings is 1. The number of nitrogens with one attached hydrogen (secondary N) is 1. The Hall–Kier alpha value is -3.16. The van der Waals surface area contributed by atoms with E-state index >= 15 is 0 Å². The Balaban J connectivity index is 1.46. The van der Waals surface area contributed by atoms with Gasteiger partial charge >= 0.3 is 0 Å². The molecule has 1 fully saturated rings. The van der Waals surface area contributed by atoms with Gasteiger partial charge in [0.05, 0.1) is 24.0 Å². The van der Waals surface area contributed by atoms with Gasteiger partial charge in [-0.15, -0.1) is 5.10 Å². The van der Waals surface area contributed by atoms with Gasteiger partial charge in [0.1, 0.15) is 11.9 Å². The zero-order valence-corrected chi connectivity index (χ0v) is 18.9. The summed E-state index contributed by atoms with van der Waals surface area (Å²) < 4.78 is 9.31. The van der Waals surface area contributed by atoms with E-state index in [0.717, 1.165) is 36.3 Å². The van der Waals surface area contributed by atoms with Gasteiger partial charge in [0, 0.05) is 18.8 Å². The molecule has 1 aliphatic heterocycles. The molecule has 32 heavy (non-hydrogen) atoms. The predicted molar refractivity (Wildman–Crippen MR) is 120 cm³/mol. The lowest BCUT2D eigenvalue weighted by Gasteiger charge is -2.13. The monoisotopic (exact) mass is 451 g/mol. The molecule has 0 saturated carbocycles. The maximum atomic E-state index is 12.8. The molecule has 1 atom stereocenters. The van der Waals surface area contributed by atoms with Gasteiger partial charge in [-0.05, 0) is 48.2 Å². The normalized spacial score (nSPS) is 15.6. The average molecular weight is 452 g/mol. The number of amides is 1. The second-order valence-electron chi connectivity index (χ2n) is 7.73. The summed E-state index contributed by atoms with van der Waals surface area (Å²) in [4.78, 5) is 12.8. The molecule has 1 N–H and O–H groups in total. The van der Waals surface area contributed by atoms with Crippen LogP contribution in [0.2, 0.25) is 0 Å². The molecular formula is C22H25N7O2S. The lowest BCUT2D eigenvalue weighted by molar-refractivity contribution is -0.113. The number of carbonyl (C=O) groups is 1. The summed E-state index contributed by atoms with van der Waals surface area (Å²) in [6.45, 7) is 5.77. The molecule has 10 heteroatoms. The Morgan fingerprint density at radius 3 is 2.88 bits per heavy atom. The molecule has 3 aromatic rings. The van der Waals surface area contributed by atoms with E-state index in [1.54, 1.807) is 4.68 Å². The summed E-state index contributed by atoms with van der Waals surface area (Å²) in [5.74, 6) is 0.437. The first kappa shape index (κ1) is 22.0. The Morgan fingerprint density at radius 2 is 2.16 bits per heavy atom. The summed E-state index contributed by atoms with van der Waals surface area (Å²) in [6, 6.07) is 12.2. The van der Waals surface area contributed by atoms with Gasteiger partial charge in [-0.2, -0.15) is 5.26 Å². The fraction of sp³-hybridized carbons (Fsp3) is 0.409. The highest BCUT2D eigenvalue weighted by atomic mass is 32.2. The molecule has 1 aromatic carbocycles. The van der Waals surface area contributed by atoms with E-state index in [-0.39, 0.29) is 17.8 Å². The Morgan fingerprint density at radius 1 is 1.34 bits per heavy atom. The topological polar surface area (TPSA) is 111 Å². The highest BCUT2D eigenvalue weighted by Gasteiger charge is 2.22. The van der Waals surface area contributed by atoms with E-state index in [1.165, 1.54) is 11.8 Å². The van der Waals surface area contributed by atoms with E-state index in [9.17, 15) is 10.1 Å². The summed E-state index contributed by atoms with van der Waals surface area (Å²) in [7, 11) is 0. The largest absolute Gasteiger partial charge is 0.376 e. The van der Waals surface area contributed by atoms with Gasteiger partial charge < -0.3 is 14.6 Å². The SMILES string of the molecule is Cc1c(C#N)c(NC(=O)CSc2nnnn2CC2CCCO2)n(Cc2ccccc2)c1C. The molecule has 1 saturated heterocycles. The van der Waals surface area contributed by atoms with Crippen LogP contribution in [0.4, 0.5) is 5.82 Å². The molecule has 3 heterocycles. The van der Waals surface area contributed by atoms with Crippen molar-refractivity contribution >= 4 is 23.5 Å².